The zero-order valence-electron chi connectivity index (χ0n) is 9.43. The van der Waals surface area contributed by atoms with Gasteiger partial charge in [-0.05, 0) is 18.8 Å². The molecule has 1 aromatic rings. The molecule has 0 saturated heterocycles. The van der Waals surface area contributed by atoms with Crippen LogP contribution in [-0.2, 0) is 6.54 Å². The zero-order valence-corrected chi connectivity index (χ0v) is 9.43. The predicted octanol–water partition coefficient (Wildman–Crippen LogP) is 2.46. The van der Waals surface area contributed by atoms with Crippen LogP contribution in [0.15, 0.2) is 36.5 Å². The summed E-state index contributed by atoms with van der Waals surface area (Å²) in [7, 11) is 2.09. The van der Waals surface area contributed by atoms with Crippen LogP contribution in [0.3, 0.4) is 0 Å². The Morgan fingerprint density at radius 3 is 2.94 bits per heavy atom. The quantitative estimate of drug-likeness (QED) is 0.699. The molecule has 0 N–H and O–H groups in total. The largest absolute Gasteiger partial charge is 0.362 e. The van der Waals surface area contributed by atoms with E-state index < -0.39 is 0 Å². The molecular weight excluding hydrogens is 198 g/mol. The van der Waals surface area contributed by atoms with Gasteiger partial charge in [-0.3, -0.25) is 4.90 Å². The van der Waals surface area contributed by atoms with E-state index in [9.17, 15) is 0 Å². The SMILES string of the molecule is [C-]#[N+]c1ccccc1CN1C=CCN(C)C1. The highest BCUT2D eigenvalue weighted by molar-refractivity contribution is 5.51. The average molecular weight is 213 g/mol. The summed E-state index contributed by atoms with van der Waals surface area (Å²) in [6.07, 6.45) is 4.25. The van der Waals surface area contributed by atoms with Gasteiger partial charge in [0, 0.05) is 13.1 Å². The molecule has 3 nitrogen and oxygen atoms in total. The monoisotopic (exact) mass is 213 g/mol. The van der Waals surface area contributed by atoms with E-state index in [1.54, 1.807) is 0 Å². The molecule has 0 radical (unpaired) electrons. The maximum Gasteiger partial charge on any atom is 0.192 e. The van der Waals surface area contributed by atoms with Gasteiger partial charge < -0.3 is 4.90 Å². The van der Waals surface area contributed by atoms with Crippen molar-refractivity contribution in [3.05, 3.63) is 53.5 Å². The molecule has 1 aliphatic heterocycles. The molecule has 3 heteroatoms. The summed E-state index contributed by atoms with van der Waals surface area (Å²) < 4.78 is 0. The van der Waals surface area contributed by atoms with Gasteiger partial charge in [0.15, 0.2) is 5.69 Å². The Morgan fingerprint density at radius 2 is 2.19 bits per heavy atom. The minimum Gasteiger partial charge on any atom is -0.362 e. The lowest BCUT2D eigenvalue weighted by molar-refractivity contribution is 0.195. The van der Waals surface area contributed by atoms with Crippen LogP contribution in [0.1, 0.15) is 5.56 Å². The van der Waals surface area contributed by atoms with Crippen molar-refractivity contribution >= 4 is 5.69 Å². The van der Waals surface area contributed by atoms with Crippen molar-refractivity contribution < 1.29 is 0 Å². The third kappa shape index (κ3) is 2.41. The fraction of sp³-hybridized carbons (Fsp3) is 0.308. The van der Waals surface area contributed by atoms with Crippen LogP contribution in [0.25, 0.3) is 4.85 Å². The molecule has 0 spiro atoms. The third-order valence-corrected chi connectivity index (χ3v) is 2.64. The van der Waals surface area contributed by atoms with Crippen LogP contribution < -0.4 is 0 Å². The number of rotatable bonds is 2. The topological polar surface area (TPSA) is 10.8 Å². The first-order chi connectivity index (χ1) is 7.79. The van der Waals surface area contributed by atoms with Crippen LogP contribution >= 0.6 is 0 Å². The van der Waals surface area contributed by atoms with Crippen molar-refractivity contribution in [3.63, 3.8) is 0 Å². The molecule has 0 fully saturated rings. The second-order valence-corrected chi connectivity index (χ2v) is 4.05. The van der Waals surface area contributed by atoms with E-state index in [1.807, 2.05) is 24.3 Å². The number of para-hydroxylation sites is 1. The fourth-order valence-corrected chi connectivity index (χ4v) is 1.87. The van der Waals surface area contributed by atoms with E-state index in [0.717, 1.165) is 31.0 Å². The van der Waals surface area contributed by atoms with Crippen LogP contribution in [0, 0.1) is 6.57 Å². The van der Waals surface area contributed by atoms with Crippen molar-refractivity contribution in [2.24, 2.45) is 0 Å². The standard InChI is InChI=1S/C13H15N3/c1-14-13-7-4-3-6-12(13)10-16-9-5-8-15(2)11-16/h3-7,9H,8,10-11H2,2H3. The molecular formula is C13H15N3. The summed E-state index contributed by atoms with van der Waals surface area (Å²) in [5, 5.41) is 0. The summed E-state index contributed by atoms with van der Waals surface area (Å²) in [6.45, 7) is 9.84. The Bertz CT molecular complexity index is 431. The van der Waals surface area contributed by atoms with Crippen molar-refractivity contribution in [1.29, 1.82) is 0 Å². The lowest BCUT2D eigenvalue weighted by Crippen LogP contribution is -2.35. The Kier molecular flexibility index (Phi) is 3.23. The molecule has 1 aromatic carbocycles. The molecule has 0 aliphatic carbocycles. The third-order valence-electron chi connectivity index (χ3n) is 2.64. The van der Waals surface area contributed by atoms with Gasteiger partial charge >= 0.3 is 0 Å². The number of nitrogens with zero attached hydrogens (tertiary/aromatic N) is 3. The molecule has 0 saturated carbocycles. The Balaban J connectivity index is 2.12. The summed E-state index contributed by atoms with van der Waals surface area (Å²) >= 11 is 0. The summed E-state index contributed by atoms with van der Waals surface area (Å²) in [5.74, 6) is 0. The van der Waals surface area contributed by atoms with E-state index >= 15 is 0 Å². The van der Waals surface area contributed by atoms with E-state index in [4.69, 9.17) is 6.57 Å². The maximum atomic E-state index is 7.12. The number of likely N-dealkylation sites (N-methyl/N-ethyl adjacent to an activating group) is 1. The molecule has 0 aromatic heterocycles. The Labute approximate surface area is 96.4 Å². The van der Waals surface area contributed by atoms with E-state index in [0.29, 0.717) is 0 Å². The van der Waals surface area contributed by atoms with Gasteiger partial charge in [0.05, 0.1) is 13.2 Å². The molecule has 1 heterocycles. The second kappa shape index (κ2) is 4.82. The molecule has 0 atom stereocenters. The smallest absolute Gasteiger partial charge is 0.192 e. The molecule has 16 heavy (non-hydrogen) atoms. The van der Waals surface area contributed by atoms with Crippen LogP contribution in [-0.4, -0.2) is 30.1 Å². The van der Waals surface area contributed by atoms with Gasteiger partial charge in [-0.25, -0.2) is 4.85 Å². The summed E-state index contributed by atoms with van der Waals surface area (Å²) in [6, 6.07) is 7.80. The van der Waals surface area contributed by atoms with Gasteiger partial charge in [-0.1, -0.05) is 30.3 Å². The highest BCUT2D eigenvalue weighted by atomic mass is 15.3. The van der Waals surface area contributed by atoms with Gasteiger partial charge in [0.25, 0.3) is 0 Å². The number of benzene rings is 1. The number of hydrogen-bond donors (Lipinski definition) is 0. The van der Waals surface area contributed by atoms with Crippen LogP contribution in [0.5, 0.6) is 0 Å². The average Bonchev–Trinajstić information content (AvgIpc) is 2.30. The molecule has 0 amide bonds. The molecule has 82 valence electrons. The first-order valence-corrected chi connectivity index (χ1v) is 5.34. The normalized spacial score (nSPS) is 16.1. The molecule has 1 aliphatic rings. The van der Waals surface area contributed by atoms with E-state index in [-0.39, 0.29) is 0 Å². The summed E-state index contributed by atoms with van der Waals surface area (Å²) in [5.41, 5.74) is 1.85. The fourth-order valence-electron chi connectivity index (χ4n) is 1.87. The van der Waals surface area contributed by atoms with E-state index in [2.05, 4.69) is 34.0 Å². The highest BCUT2D eigenvalue weighted by Gasteiger charge is 2.10. The summed E-state index contributed by atoms with van der Waals surface area (Å²) in [4.78, 5) is 7.99. The maximum absolute atomic E-state index is 7.12. The Morgan fingerprint density at radius 1 is 1.38 bits per heavy atom. The lowest BCUT2D eigenvalue weighted by atomic mass is 10.1. The van der Waals surface area contributed by atoms with Gasteiger partial charge in [0.2, 0.25) is 0 Å². The van der Waals surface area contributed by atoms with Gasteiger partial charge in [-0.15, -0.1) is 0 Å². The Hall–Kier alpha value is -1.79. The molecule has 0 unspecified atom stereocenters. The first kappa shape index (κ1) is 10.7. The molecule has 2 rings (SSSR count). The van der Waals surface area contributed by atoms with Gasteiger partial charge in [0.1, 0.15) is 0 Å². The van der Waals surface area contributed by atoms with Gasteiger partial charge in [-0.2, -0.15) is 0 Å². The van der Waals surface area contributed by atoms with Crippen molar-refractivity contribution in [2.75, 3.05) is 20.3 Å². The van der Waals surface area contributed by atoms with Crippen molar-refractivity contribution in [1.82, 2.24) is 9.80 Å². The minimum atomic E-state index is 0.754. The van der Waals surface area contributed by atoms with Crippen LogP contribution in [0.2, 0.25) is 0 Å². The van der Waals surface area contributed by atoms with Crippen LogP contribution in [0.4, 0.5) is 5.69 Å². The van der Waals surface area contributed by atoms with Crippen molar-refractivity contribution in [3.8, 4) is 0 Å². The minimum absolute atomic E-state index is 0.754. The number of hydrogen-bond acceptors (Lipinski definition) is 2. The van der Waals surface area contributed by atoms with Crippen molar-refractivity contribution in [2.45, 2.75) is 6.54 Å². The lowest BCUT2D eigenvalue weighted by Gasteiger charge is -2.30. The molecule has 0 bridgehead atoms. The zero-order chi connectivity index (χ0) is 11.4. The second-order valence-electron chi connectivity index (χ2n) is 4.05. The highest BCUT2D eigenvalue weighted by Crippen LogP contribution is 2.20. The first-order valence-electron chi connectivity index (χ1n) is 5.34. The predicted molar refractivity (Wildman–Crippen MR) is 64.9 cm³/mol. The van der Waals surface area contributed by atoms with E-state index in [1.165, 1.54) is 0 Å².